The molecule has 0 aromatic rings. The molecule has 2 N–H and O–H groups in total. The Morgan fingerprint density at radius 3 is 2.94 bits per heavy atom. The first-order chi connectivity index (χ1) is 8.14. The van der Waals surface area contributed by atoms with E-state index in [1.54, 1.807) is 11.8 Å². The Morgan fingerprint density at radius 2 is 2.29 bits per heavy atom. The standard InChI is InChI=1S/C11H20N2O2S2/c1-2-8-16-9-7-13-17(14,15)10-11-5-3-4-6-12-11/h1,11-13H,3-10H2. The van der Waals surface area contributed by atoms with Crippen LogP contribution >= 0.6 is 11.8 Å². The summed E-state index contributed by atoms with van der Waals surface area (Å²) in [4.78, 5) is 0. The molecule has 1 atom stereocenters. The van der Waals surface area contributed by atoms with Crippen LogP contribution in [0, 0.1) is 12.3 Å². The summed E-state index contributed by atoms with van der Waals surface area (Å²) in [5, 5.41) is 3.24. The molecule has 1 heterocycles. The van der Waals surface area contributed by atoms with Crippen LogP contribution in [-0.4, -0.2) is 44.8 Å². The molecule has 6 heteroatoms. The Bertz CT molecular complexity index is 343. The highest BCUT2D eigenvalue weighted by atomic mass is 32.2. The van der Waals surface area contributed by atoms with Crippen molar-refractivity contribution in [1.82, 2.24) is 10.0 Å². The van der Waals surface area contributed by atoms with Crippen LogP contribution in [0.1, 0.15) is 19.3 Å². The minimum Gasteiger partial charge on any atom is -0.313 e. The lowest BCUT2D eigenvalue weighted by atomic mass is 10.1. The molecule has 98 valence electrons. The second kappa shape index (κ2) is 7.98. The van der Waals surface area contributed by atoms with Gasteiger partial charge in [0.25, 0.3) is 0 Å². The van der Waals surface area contributed by atoms with Crippen LogP contribution in [0.4, 0.5) is 0 Å². The second-order valence-electron chi connectivity index (χ2n) is 4.08. The maximum Gasteiger partial charge on any atom is 0.213 e. The van der Waals surface area contributed by atoms with E-state index < -0.39 is 10.0 Å². The van der Waals surface area contributed by atoms with Gasteiger partial charge in [-0.3, -0.25) is 0 Å². The van der Waals surface area contributed by atoms with Crippen molar-refractivity contribution in [2.75, 3.05) is 30.3 Å². The number of nitrogens with one attached hydrogen (secondary N) is 2. The quantitative estimate of drug-likeness (QED) is 0.522. The summed E-state index contributed by atoms with van der Waals surface area (Å²) in [5.41, 5.74) is 0. The second-order valence-corrected chi connectivity index (χ2v) is 7.04. The van der Waals surface area contributed by atoms with Crippen LogP contribution in [0.3, 0.4) is 0 Å². The third kappa shape index (κ3) is 6.94. The molecule has 1 aliphatic rings. The van der Waals surface area contributed by atoms with Gasteiger partial charge in [0.15, 0.2) is 0 Å². The Labute approximate surface area is 108 Å². The molecule has 1 aliphatic heterocycles. The summed E-state index contributed by atoms with van der Waals surface area (Å²) in [6.07, 6.45) is 8.32. The molecule has 0 amide bonds. The lowest BCUT2D eigenvalue weighted by Crippen LogP contribution is -2.43. The van der Waals surface area contributed by atoms with Crippen LogP contribution in [0.15, 0.2) is 0 Å². The first-order valence-electron chi connectivity index (χ1n) is 5.86. The fraction of sp³-hybridized carbons (Fsp3) is 0.818. The summed E-state index contributed by atoms with van der Waals surface area (Å²) < 4.78 is 26.1. The average Bonchev–Trinajstić information content (AvgIpc) is 2.29. The van der Waals surface area contributed by atoms with Crippen molar-refractivity contribution < 1.29 is 8.42 Å². The first kappa shape index (κ1) is 14.8. The van der Waals surface area contributed by atoms with Gasteiger partial charge in [-0.15, -0.1) is 18.2 Å². The van der Waals surface area contributed by atoms with Gasteiger partial charge >= 0.3 is 0 Å². The van der Waals surface area contributed by atoms with Gasteiger partial charge in [0.1, 0.15) is 0 Å². The summed E-state index contributed by atoms with van der Waals surface area (Å²) >= 11 is 1.56. The van der Waals surface area contributed by atoms with Gasteiger partial charge in [-0.2, -0.15) is 0 Å². The van der Waals surface area contributed by atoms with Crippen molar-refractivity contribution in [3.63, 3.8) is 0 Å². The number of hydrogen-bond donors (Lipinski definition) is 2. The van der Waals surface area contributed by atoms with E-state index in [0.717, 1.165) is 31.6 Å². The zero-order valence-electron chi connectivity index (χ0n) is 9.94. The maximum absolute atomic E-state index is 11.7. The number of thioether (sulfide) groups is 1. The molecule has 1 saturated heterocycles. The van der Waals surface area contributed by atoms with E-state index >= 15 is 0 Å². The van der Waals surface area contributed by atoms with Crippen LogP contribution in [0.2, 0.25) is 0 Å². The van der Waals surface area contributed by atoms with Crippen molar-refractivity contribution in [2.24, 2.45) is 0 Å². The molecule has 1 unspecified atom stereocenters. The molecule has 4 nitrogen and oxygen atoms in total. The Kier molecular flexibility index (Phi) is 6.97. The van der Waals surface area contributed by atoms with Crippen molar-refractivity contribution in [2.45, 2.75) is 25.3 Å². The summed E-state index contributed by atoms with van der Waals surface area (Å²) in [6.45, 7) is 1.39. The molecule has 0 aliphatic carbocycles. The Morgan fingerprint density at radius 1 is 1.47 bits per heavy atom. The topological polar surface area (TPSA) is 58.2 Å². The van der Waals surface area contributed by atoms with Gasteiger partial charge in [0.05, 0.1) is 11.5 Å². The molecular weight excluding hydrogens is 256 g/mol. The molecule has 0 radical (unpaired) electrons. The zero-order chi connectivity index (χ0) is 12.6. The highest BCUT2D eigenvalue weighted by molar-refractivity contribution is 7.99. The van der Waals surface area contributed by atoms with E-state index in [-0.39, 0.29) is 11.8 Å². The van der Waals surface area contributed by atoms with Crippen molar-refractivity contribution >= 4 is 21.8 Å². The molecule has 0 aromatic carbocycles. The third-order valence-corrected chi connectivity index (χ3v) is 4.94. The van der Waals surface area contributed by atoms with Gasteiger partial charge in [-0.25, -0.2) is 13.1 Å². The molecule has 1 rings (SSSR count). The van der Waals surface area contributed by atoms with Crippen LogP contribution < -0.4 is 10.0 Å². The van der Waals surface area contributed by atoms with E-state index in [0.29, 0.717) is 12.3 Å². The Hall–Kier alpha value is -0.220. The number of sulfonamides is 1. The number of rotatable bonds is 7. The predicted octanol–water partition coefficient (Wildman–Crippen LogP) is 0.414. The minimum absolute atomic E-state index is 0.111. The Balaban J connectivity index is 2.19. The largest absolute Gasteiger partial charge is 0.313 e. The molecule has 0 saturated carbocycles. The molecule has 17 heavy (non-hydrogen) atoms. The van der Waals surface area contributed by atoms with Crippen LogP contribution in [0.25, 0.3) is 0 Å². The molecule has 0 aromatic heterocycles. The fourth-order valence-electron chi connectivity index (χ4n) is 1.79. The molecular formula is C11H20N2O2S2. The van der Waals surface area contributed by atoms with Gasteiger partial charge in [0, 0.05) is 18.3 Å². The predicted molar refractivity (Wildman–Crippen MR) is 73.6 cm³/mol. The summed E-state index contributed by atoms with van der Waals surface area (Å²) in [6, 6.07) is 0.111. The van der Waals surface area contributed by atoms with Crippen molar-refractivity contribution in [3.8, 4) is 12.3 Å². The van der Waals surface area contributed by atoms with Gasteiger partial charge in [0.2, 0.25) is 10.0 Å². The fourth-order valence-corrected chi connectivity index (χ4v) is 3.77. The molecule has 1 fully saturated rings. The normalized spacial score (nSPS) is 21.0. The highest BCUT2D eigenvalue weighted by Gasteiger charge is 2.20. The van der Waals surface area contributed by atoms with Gasteiger partial charge in [-0.05, 0) is 19.4 Å². The maximum atomic E-state index is 11.7. The summed E-state index contributed by atoms with van der Waals surface area (Å²) in [5.74, 6) is 4.05. The van der Waals surface area contributed by atoms with Crippen molar-refractivity contribution in [3.05, 3.63) is 0 Å². The SMILES string of the molecule is C#CCSCCNS(=O)(=O)CC1CCCCN1. The zero-order valence-corrected chi connectivity index (χ0v) is 11.6. The highest BCUT2D eigenvalue weighted by Crippen LogP contribution is 2.08. The van der Waals surface area contributed by atoms with Gasteiger partial charge in [-0.1, -0.05) is 12.3 Å². The number of piperidine rings is 1. The average molecular weight is 276 g/mol. The lowest BCUT2D eigenvalue weighted by Gasteiger charge is -2.23. The number of hydrogen-bond acceptors (Lipinski definition) is 4. The van der Waals surface area contributed by atoms with Gasteiger partial charge < -0.3 is 5.32 Å². The van der Waals surface area contributed by atoms with E-state index in [1.807, 2.05) is 0 Å². The first-order valence-corrected chi connectivity index (χ1v) is 8.66. The number of terminal acetylenes is 1. The van der Waals surface area contributed by atoms with E-state index in [2.05, 4.69) is 16.0 Å². The monoisotopic (exact) mass is 276 g/mol. The van der Waals surface area contributed by atoms with Crippen LogP contribution in [0.5, 0.6) is 0 Å². The van der Waals surface area contributed by atoms with E-state index in [1.165, 1.54) is 0 Å². The van der Waals surface area contributed by atoms with Crippen LogP contribution in [-0.2, 0) is 10.0 Å². The van der Waals surface area contributed by atoms with Crippen molar-refractivity contribution in [1.29, 1.82) is 0 Å². The molecule has 0 spiro atoms. The third-order valence-electron chi connectivity index (χ3n) is 2.59. The summed E-state index contributed by atoms with van der Waals surface area (Å²) in [7, 11) is -3.15. The van der Waals surface area contributed by atoms with E-state index in [4.69, 9.17) is 6.42 Å². The molecule has 0 bridgehead atoms. The van der Waals surface area contributed by atoms with E-state index in [9.17, 15) is 8.42 Å². The smallest absolute Gasteiger partial charge is 0.213 e. The lowest BCUT2D eigenvalue weighted by molar-refractivity contribution is 0.422. The minimum atomic E-state index is -3.15.